The van der Waals surface area contributed by atoms with Gasteiger partial charge in [-0.3, -0.25) is 4.79 Å². The average molecular weight is 353 g/mol. The summed E-state index contributed by atoms with van der Waals surface area (Å²) in [6.07, 6.45) is 2.16. The molecule has 0 saturated heterocycles. The molecule has 0 unspecified atom stereocenters. The van der Waals surface area contributed by atoms with Crippen LogP contribution in [0.25, 0.3) is 5.65 Å². The number of carbonyl (C=O) groups is 1. The summed E-state index contributed by atoms with van der Waals surface area (Å²) in [6, 6.07) is 11.0. The van der Waals surface area contributed by atoms with Crippen molar-refractivity contribution in [3.8, 4) is 11.6 Å². The Balaban J connectivity index is 1.42. The van der Waals surface area contributed by atoms with Crippen molar-refractivity contribution in [2.75, 3.05) is 6.61 Å². The number of rotatable bonds is 4. The molecule has 0 saturated carbocycles. The van der Waals surface area contributed by atoms with E-state index in [-0.39, 0.29) is 24.2 Å². The molecule has 8 heteroatoms. The molecular weight excluding hydrogens is 334 g/mol. The van der Waals surface area contributed by atoms with Crippen molar-refractivity contribution in [2.24, 2.45) is 0 Å². The smallest absolute Gasteiger partial charge is 0.258 e. The van der Waals surface area contributed by atoms with Gasteiger partial charge in [-0.25, -0.2) is 0 Å². The number of hydrogen-bond donors (Lipinski definition) is 1. The molecule has 0 spiro atoms. The van der Waals surface area contributed by atoms with Gasteiger partial charge >= 0.3 is 0 Å². The van der Waals surface area contributed by atoms with Crippen molar-refractivity contribution in [1.29, 1.82) is 0 Å². The number of ether oxygens (including phenoxy) is 2. The minimum atomic E-state index is -0.353. The van der Waals surface area contributed by atoms with E-state index >= 15 is 0 Å². The van der Waals surface area contributed by atoms with E-state index in [9.17, 15) is 4.79 Å². The second-order valence-corrected chi connectivity index (χ2v) is 6.82. The summed E-state index contributed by atoms with van der Waals surface area (Å²) in [7, 11) is 0. The van der Waals surface area contributed by atoms with Crippen LogP contribution in [0.3, 0.4) is 0 Å². The monoisotopic (exact) mass is 353 g/mol. The van der Waals surface area contributed by atoms with Crippen molar-refractivity contribution in [3.05, 3.63) is 48.3 Å². The Bertz CT molecular complexity index is 953. The number of para-hydroxylation sites is 1. The van der Waals surface area contributed by atoms with Gasteiger partial charge < -0.3 is 14.8 Å². The maximum atomic E-state index is 12.4. The summed E-state index contributed by atoms with van der Waals surface area (Å²) < 4.78 is 13.0. The van der Waals surface area contributed by atoms with E-state index in [2.05, 4.69) is 20.6 Å². The van der Waals surface area contributed by atoms with Gasteiger partial charge in [0.15, 0.2) is 12.3 Å². The number of carbonyl (C=O) groups excluding carboxylic acids is 1. The second kappa shape index (κ2) is 6.29. The molecule has 1 aliphatic rings. The van der Waals surface area contributed by atoms with Crippen molar-refractivity contribution in [3.63, 3.8) is 0 Å². The summed E-state index contributed by atoms with van der Waals surface area (Å²) in [5, 5.41) is 14.8. The summed E-state index contributed by atoms with van der Waals surface area (Å²) in [6.45, 7) is 3.90. The number of aromatic nitrogens is 4. The molecular formula is C18H19N5O3. The van der Waals surface area contributed by atoms with E-state index in [0.717, 1.165) is 11.3 Å². The molecule has 1 amide bonds. The first-order valence-electron chi connectivity index (χ1n) is 8.37. The highest BCUT2D eigenvalue weighted by atomic mass is 16.5. The minimum Gasteiger partial charge on any atom is -0.487 e. The van der Waals surface area contributed by atoms with E-state index in [1.54, 1.807) is 12.1 Å². The first-order chi connectivity index (χ1) is 12.5. The number of nitrogens with one attached hydrogen (secondary N) is 1. The van der Waals surface area contributed by atoms with E-state index in [4.69, 9.17) is 9.47 Å². The second-order valence-electron chi connectivity index (χ2n) is 6.82. The highest BCUT2D eigenvalue weighted by Crippen LogP contribution is 2.39. The van der Waals surface area contributed by atoms with Crippen molar-refractivity contribution in [1.82, 2.24) is 25.1 Å². The van der Waals surface area contributed by atoms with Gasteiger partial charge in [0.05, 0.1) is 6.04 Å². The van der Waals surface area contributed by atoms with Gasteiger partial charge in [-0.2, -0.15) is 4.52 Å². The van der Waals surface area contributed by atoms with Gasteiger partial charge in [0.2, 0.25) is 5.88 Å². The van der Waals surface area contributed by atoms with Crippen LogP contribution < -0.4 is 14.8 Å². The lowest BCUT2D eigenvalue weighted by Crippen LogP contribution is -2.42. The third kappa shape index (κ3) is 3.30. The molecule has 1 aromatic carbocycles. The molecule has 0 bridgehead atoms. The number of fused-ring (bicyclic) bond motifs is 2. The molecule has 8 nitrogen and oxygen atoms in total. The number of hydrogen-bond acceptors (Lipinski definition) is 6. The van der Waals surface area contributed by atoms with Crippen LogP contribution in [0.2, 0.25) is 0 Å². The Hall–Kier alpha value is -3.16. The molecule has 26 heavy (non-hydrogen) atoms. The van der Waals surface area contributed by atoms with Crippen LogP contribution in [-0.4, -0.2) is 37.9 Å². The van der Waals surface area contributed by atoms with Crippen LogP contribution in [0.15, 0.2) is 42.7 Å². The summed E-state index contributed by atoms with van der Waals surface area (Å²) in [5.74, 6) is 0.919. The van der Waals surface area contributed by atoms with Crippen LogP contribution in [0, 0.1) is 0 Å². The van der Waals surface area contributed by atoms with E-state index in [0.29, 0.717) is 17.9 Å². The average Bonchev–Trinajstić information content (AvgIpc) is 3.06. The van der Waals surface area contributed by atoms with Crippen LogP contribution in [0.4, 0.5) is 0 Å². The molecule has 4 rings (SSSR count). The van der Waals surface area contributed by atoms with Gasteiger partial charge in [0, 0.05) is 18.1 Å². The number of benzene rings is 1. The Morgan fingerprint density at radius 1 is 1.35 bits per heavy atom. The van der Waals surface area contributed by atoms with Crippen molar-refractivity contribution in [2.45, 2.75) is 31.9 Å². The van der Waals surface area contributed by atoms with Gasteiger partial charge in [0.1, 0.15) is 17.7 Å². The lowest BCUT2D eigenvalue weighted by Gasteiger charge is -2.37. The van der Waals surface area contributed by atoms with E-state index < -0.39 is 0 Å². The fourth-order valence-electron chi connectivity index (χ4n) is 3.09. The van der Waals surface area contributed by atoms with Crippen LogP contribution in [0.5, 0.6) is 11.6 Å². The fraction of sp³-hybridized carbons (Fsp3) is 0.333. The quantitative estimate of drug-likeness (QED) is 0.771. The summed E-state index contributed by atoms with van der Waals surface area (Å²) >= 11 is 0. The largest absolute Gasteiger partial charge is 0.487 e. The minimum absolute atomic E-state index is 0.124. The van der Waals surface area contributed by atoms with Gasteiger partial charge in [-0.05, 0) is 26.0 Å². The van der Waals surface area contributed by atoms with Crippen LogP contribution >= 0.6 is 0 Å². The molecule has 1 aliphatic heterocycles. The van der Waals surface area contributed by atoms with Crippen LogP contribution in [0.1, 0.15) is 31.9 Å². The Morgan fingerprint density at radius 3 is 3.08 bits per heavy atom. The molecule has 3 heterocycles. The Labute approximate surface area is 150 Å². The predicted molar refractivity (Wildman–Crippen MR) is 92.9 cm³/mol. The molecule has 0 fully saturated rings. The molecule has 134 valence electrons. The van der Waals surface area contributed by atoms with Crippen molar-refractivity contribution >= 4 is 11.6 Å². The van der Waals surface area contributed by atoms with E-state index in [1.807, 2.05) is 38.1 Å². The fourth-order valence-corrected chi connectivity index (χ4v) is 3.09. The van der Waals surface area contributed by atoms with Gasteiger partial charge in [-0.1, -0.05) is 18.2 Å². The third-order valence-corrected chi connectivity index (χ3v) is 4.20. The number of nitrogens with zero attached hydrogens (tertiary/aromatic N) is 4. The van der Waals surface area contributed by atoms with E-state index in [1.165, 1.54) is 10.8 Å². The van der Waals surface area contributed by atoms with Gasteiger partial charge in [0.25, 0.3) is 5.91 Å². The first-order valence-corrected chi connectivity index (χ1v) is 8.37. The number of amides is 1. The first kappa shape index (κ1) is 16.3. The zero-order valence-corrected chi connectivity index (χ0v) is 14.5. The molecule has 0 radical (unpaired) electrons. The van der Waals surface area contributed by atoms with Crippen molar-refractivity contribution < 1.29 is 14.3 Å². The zero-order chi connectivity index (χ0) is 18.1. The SMILES string of the molecule is CC1(C)C[C@H](NC(=O)COc2ccc3nncn3n2)c2ccccc2O1. The molecule has 0 aliphatic carbocycles. The summed E-state index contributed by atoms with van der Waals surface area (Å²) in [5.41, 5.74) is 1.24. The lowest BCUT2D eigenvalue weighted by molar-refractivity contribution is -0.124. The van der Waals surface area contributed by atoms with Crippen LogP contribution in [-0.2, 0) is 4.79 Å². The molecule has 2 aromatic heterocycles. The Kier molecular flexibility index (Phi) is 3.95. The highest BCUT2D eigenvalue weighted by molar-refractivity contribution is 5.78. The molecule has 1 atom stereocenters. The highest BCUT2D eigenvalue weighted by Gasteiger charge is 2.34. The molecule has 3 aromatic rings. The predicted octanol–water partition coefficient (Wildman–Crippen LogP) is 1.92. The Morgan fingerprint density at radius 2 is 2.19 bits per heavy atom. The lowest BCUT2D eigenvalue weighted by atomic mass is 9.90. The maximum absolute atomic E-state index is 12.4. The van der Waals surface area contributed by atoms with Gasteiger partial charge in [-0.15, -0.1) is 15.3 Å². The standard InChI is InChI=1S/C18H19N5O3/c1-18(2)9-13(12-5-3-4-6-14(12)26-18)20-16(24)10-25-17-8-7-15-21-19-11-23(15)22-17/h3-8,11,13H,9-10H2,1-2H3,(H,20,24)/t13-/m0/s1. The molecule has 1 N–H and O–H groups in total. The maximum Gasteiger partial charge on any atom is 0.258 e. The zero-order valence-electron chi connectivity index (χ0n) is 14.5. The third-order valence-electron chi connectivity index (χ3n) is 4.20. The normalized spacial score (nSPS) is 18.0. The summed E-state index contributed by atoms with van der Waals surface area (Å²) in [4.78, 5) is 12.4. The topological polar surface area (TPSA) is 90.6 Å².